The van der Waals surface area contributed by atoms with E-state index in [1.165, 1.54) is 0 Å². The predicted molar refractivity (Wildman–Crippen MR) is 155 cm³/mol. The normalized spacial score (nSPS) is 12.5. The summed E-state index contributed by atoms with van der Waals surface area (Å²) in [5.74, 6) is -0.546. The summed E-state index contributed by atoms with van der Waals surface area (Å²) in [4.78, 5) is 28.3. The maximum Gasteiger partial charge on any atom is 0.254 e. The largest absolute Gasteiger partial charge is 0.497 e. The minimum atomic E-state index is -0.895. The number of primary amides is 1. The highest BCUT2D eigenvalue weighted by molar-refractivity contribution is 6.02. The Morgan fingerprint density at radius 2 is 1.56 bits per heavy atom. The first kappa shape index (κ1) is 29.9. The Kier molecular flexibility index (Phi) is 11.5. The Bertz CT molecular complexity index is 1210. The summed E-state index contributed by atoms with van der Waals surface area (Å²) >= 11 is 0. The minimum absolute atomic E-state index is 0.147. The van der Waals surface area contributed by atoms with Crippen LogP contribution in [0.25, 0.3) is 0 Å². The highest BCUT2D eigenvalue weighted by atomic mass is 16.5. The summed E-state index contributed by atoms with van der Waals surface area (Å²) < 4.78 is 5.31. The summed E-state index contributed by atoms with van der Waals surface area (Å²) in [6, 6.07) is 22.6. The molecule has 3 aromatic carbocycles. The standard InChI is InChI=1S/C32H41N3O4/c1-4-17-35(18-5-2)32(38)27-16-10-15-26(31(33)37)30(27)28(20-23-11-7-6-8-12-23)29(36)22-34-21-24-13-9-14-25(19-24)39-3/h6-16,19,28-29,34,36H,4-5,17-18,20-22H2,1-3H3,(H2,33,37)/t28-,29+/m1/s1. The zero-order valence-electron chi connectivity index (χ0n) is 23.2. The van der Waals surface area contributed by atoms with Crippen LogP contribution in [-0.4, -0.2) is 54.7 Å². The zero-order valence-corrected chi connectivity index (χ0v) is 23.2. The van der Waals surface area contributed by atoms with Gasteiger partial charge < -0.3 is 25.8 Å². The van der Waals surface area contributed by atoms with Crippen LogP contribution < -0.4 is 15.8 Å². The molecule has 0 aliphatic heterocycles. The van der Waals surface area contributed by atoms with Crippen LogP contribution in [0.15, 0.2) is 72.8 Å². The van der Waals surface area contributed by atoms with E-state index in [1.807, 2.05) is 73.3 Å². The first-order chi connectivity index (χ1) is 18.9. The van der Waals surface area contributed by atoms with Gasteiger partial charge in [0, 0.05) is 43.2 Å². The van der Waals surface area contributed by atoms with E-state index in [4.69, 9.17) is 10.5 Å². The summed E-state index contributed by atoms with van der Waals surface area (Å²) in [7, 11) is 1.63. The maximum absolute atomic E-state index is 13.8. The van der Waals surface area contributed by atoms with Gasteiger partial charge in [0.05, 0.1) is 13.2 Å². The van der Waals surface area contributed by atoms with E-state index < -0.39 is 17.9 Å². The lowest BCUT2D eigenvalue weighted by Gasteiger charge is -2.29. The van der Waals surface area contributed by atoms with E-state index in [0.717, 1.165) is 29.7 Å². The number of aliphatic hydroxyl groups excluding tert-OH is 1. The third-order valence-corrected chi connectivity index (χ3v) is 6.83. The van der Waals surface area contributed by atoms with Crippen LogP contribution in [-0.2, 0) is 13.0 Å². The second-order valence-electron chi connectivity index (χ2n) is 9.77. The fourth-order valence-corrected chi connectivity index (χ4v) is 4.98. The number of rotatable bonds is 15. The Hall–Kier alpha value is -3.68. The molecule has 0 bridgehead atoms. The molecule has 0 heterocycles. The number of amides is 2. The molecule has 3 aromatic rings. The summed E-state index contributed by atoms with van der Waals surface area (Å²) in [5, 5.41) is 14.9. The van der Waals surface area contributed by atoms with Crippen molar-refractivity contribution < 1.29 is 19.4 Å². The third kappa shape index (κ3) is 8.15. The van der Waals surface area contributed by atoms with Crippen LogP contribution in [0.1, 0.15) is 70.0 Å². The fourth-order valence-electron chi connectivity index (χ4n) is 4.98. The monoisotopic (exact) mass is 531 g/mol. The highest BCUT2D eigenvalue weighted by Crippen LogP contribution is 2.32. The summed E-state index contributed by atoms with van der Waals surface area (Å²) in [6.07, 6.45) is 1.19. The van der Waals surface area contributed by atoms with Gasteiger partial charge >= 0.3 is 0 Å². The molecule has 0 radical (unpaired) electrons. The number of hydrogen-bond acceptors (Lipinski definition) is 5. The van der Waals surface area contributed by atoms with Crippen LogP contribution in [0.4, 0.5) is 0 Å². The summed E-state index contributed by atoms with van der Waals surface area (Å²) in [6.45, 7) is 6.07. The lowest BCUT2D eigenvalue weighted by molar-refractivity contribution is 0.0751. The SMILES string of the molecule is CCCN(CCC)C(=O)c1cccc(C(N)=O)c1[C@H](Cc1ccccc1)[C@@H](O)CNCc1cccc(OC)c1. The van der Waals surface area contributed by atoms with E-state index in [1.54, 1.807) is 25.3 Å². The molecular formula is C32H41N3O4. The third-order valence-electron chi connectivity index (χ3n) is 6.83. The van der Waals surface area contributed by atoms with Crippen molar-refractivity contribution in [2.75, 3.05) is 26.7 Å². The molecule has 0 spiro atoms. The highest BCUT2D eigenvalue weighted by Gasteiger charge is 2.31. The molecule has 3 rings (SSSR count). The van der Waals surface area contributed by atoms with E-state index >= 15 is 0 Å². The second-order valence-corrected chi connectivity index (χ2v) is 9.77. The molecule has 2 atom stereocenters. The number of carbonyl (C=O) groups is 2. The number of methoxy groups -OCH3 is 1. The fraction of sp³-hybridized carbons (Fsp3) is 0.375. The molecule has 0 unspecified atom stereocenters. The van der Waals surface area contributed by atoms with Crippen molar-refractivity contribution in [1.29, 1.82) is 0 Å². The van der Waals surface area contributed by atoms with Crippen molar-refractivity contribution in [1.82, 2.24) is 10.2 Å². The number of hydrogen-bond donors (Lipinski definition) is 3. The van der Waals surface area contributed by atoms with Crippen LogP contribution >= 0.6 is 0 Å². The molecule has 0 aliphatic rings. The van der Waals surface area contributed by atoms with Gasteiger partial charge in [0.2, 0.25) is 5.91 Å². The van der Waals surface area contributed by atoms with Crippen molar-refractivity contribution in [2.45, 2.75) is 51.7 Å². The average Bonchev–Trinajstić information content (AvgIpc) is 2.95. The Balaban J connectivity index is 1.99. The van der Waals surface area contributed by atoms with Gasteiger partial charge in [-0.15, -0.1) is 0 Å². The molecule has 208 valence electrons. The van der Waals surface area contributed by atoms with Crippen molar-refractivity contribution >= 4 is 11.8 Å². The lowest BCUT2D eigenvalue weighted by atomic mass is 9.81. The number of aliphatic hydroxyl groups is 1. The van der Waals surface area contributed by atoms with Gasteiger partial charge in [-0.1, -0.05) is 62.4 Å². The zero-order chi connectivity index (χ0) is 28.2. The number of carbonyl (C=O) groups excluding carboxylic acids is 2. The van der Waals surface area contributed by atoms with Crippen molar-refractivity contribution in [3.8, 4) is 5.75 Å². The number of benzene rings is 3. The van der Waals surface area contributed by atoms with Gasteiger partial charge in [-0.3, -0.25) is 9.59 Å². The van der Waals surface area contributed by atoms with Crippen LogP contribution in [0.5, 0.6) is 5.75 Å². The van der Waals surface area contributed by atoms with Gasteiger partial charge in [-0.25, -0.2) is 0 Å². The van der Waals surface area contributed by atoms with Crippen molar-refractivity contribution in [3.05, 3.63) is 101 Å². The van der Waals surface area contributed by atoms with E-state index in [2.05, 4.69) is 5.32 Å². The van der Waals surface area contributed by atoms with Gasteiger partial charge in [-0.05, 0) is 60.2 Å². The van der Waals surface area contributed by atoms with Crippen LogP contribution in [0.2, 0.25) is 0 Å². The Morgan fingerprint density at radius 1 is 0.923 bits per heavy atom. The van der Waals surface area contributed by atoms with Crippen molar-refractivity contribution in [2.24, 2.45) is 5.73 Å². The minimum Gasteiger partial charge on any atom is -0.497 e. The molecule has 2 amide bonds. The molecule has 4 N–H and O–H groups in total. The van der Waals surface area contributed by atoms with Gasteiger partial charge in [0.15, 0.2) is 0 Å². The molecule has 7 nitrogen and oxygen atoms in total. The Morgan fingerprint density at radius 3 is 2.21 bits per heavy atom. The smallest absolute Gasteiger partial charge is 0.254 e. The molecular weight excluding hydrogens is 490 g/mol. The number of nitrogens with two attached hydrogens (primary N) is 1. The molecule has 0 fully saturated rings. The molecule has 0 saturated heterocycles. The predicted octanol–water partition coefficient (Wildman–Crippen LogP) is 4.53. The quantitative estimate of drug-likeness (QED) is 0.267. The lowest BCUT2D eigenvalue weighted by Crippen LogP contribution is -2.37. The van der Waals surface area contributed by atoms with Gasteiger partial charge in [-0.2, -0.15) is 0 Å². The molecule has 39 heavy (non-hydrogen) atoms. The van der Waals surface area contributed by atoms with Crippen molar-refractivity contribution in [3.63, 3.8) is 0 Å². The number of nitrogens with zero attached hydrogens (tertiary/aromatic N) is 1. The topological polar surface area (TPSA) is 105 Å². The molecule has 7 heteroatoms. The van der Waals surface area contributed by atoms with Gasteiger partial charge in [0.25, 0.3) is 5.91 Å². The number of ether oxygens (including phenoxy) is 1. The van der Waals surface area contributed by atoms with Crippen LogP contribution in [0.3, 0.4) is 0 Å². The van der Waals surface area contributed by atoms with Crippen LogP contribution in [0, 0.1) is 0 Å². The maximum atomic E-state index is 13.8. The van der Waals surface area contributed by atoms with Gasteiger partial charge in [0.1, 0.15) is 5.75 Å². The Labute approximate surface area is 232 Å². The molecule has 0 saturated carbocycles. The summed E-state index contributed by atoms with van der Waals surface area (Å²) in [5.41, 5.74) is 9.04. The second kappa shape index (κ2) is 15.0. The molecule has 0 aromatic heterocycles. The van der Waals surface area contributed by atoms with E-state index in [-0.39, 0.29) is 18.0 Å². The first-order valence-corrected chi connectivity index (χ1v) is 13.7. The van der Waals surface area contributed by atoms with E-state index in [0.29, 0.717) is 37.2 Å². The van der Waals surface area contributed by atoms with E-state index in [9.17, 15) is 14.7 Å². The average molecular weight is 532 g/mol. The number of nitrogens with one attached hydrogen (secondary N) is 1. The first-order valence-electron chi connectivity index (χ1n) is 13.7. The molecule has 0 aliphatic carbocycles.